The van der Waals surface area contributed by atoms with Crippen LogP contribution in [0.4, 0.5) is 5.82 Å². The molecular formula is C14H21N3O. The van der Waals surface area contributed by atoms with Gasteiger partial charge in [0, 0.05) is 11.6 Å². The summed E-state index contributed by atoms with van der Waals surface area (Å²) in [4.78, 5) is 16.5. The van der Waals surface area contributed by atoms with Crippen molar-refractivity contribution in [1.82, 2.24) is 9.55 Å². The minimum atomic E-state index is -0.125. The number of aryl methyl sites for hydroxylation is 1. The monoisotopic (exact) mass is 247 g/mol. The van der Waals surface area contributed by atoms with Crippen molar-refractivity contribution in [3.63, 3.8) is 0 Å². The molecule has 0 atom stereocenters. The molecule has 18 heavy (non-hydrogen) atoms. The second kappa shape index (κ2) is 4.75. The smallest absolute Gasteiger partial charge is 0.349 e. The molecule has 4 heteroatoms. The lowest BCUT2D eigenvalue weighted by atomic mass is 9.93. The van der Waals surface area contributed by atoms with Crippen LogP contribution in [0.5, 0.6) is 0 Å². The molecule has 1 saturated carbocycles. The Bertz CT molecular complexity index is 500. The van der Waals surface area contributed by atoms with Crippen LogP contribution in [0.2, 0.25) is 0 Å². The molecule has 3 rings (SSSR count). The first-order chi connectivity index (χ1) is 8.77. The van der Waals surface area contributed by atoms with Crippen molar-refractivity contribution < 1.29 is 0 Å². The van der Waals surface area contributed by atoms with Crippen molar-refractivity contribution in [2.75, 3.05) is 5.73 Å². The first kappa shape index (κ1) is 11.8. The minimum absolute atomic E-state index is 0.125. The molecule has 2 aliphatic carbocycles. The van der Waals surface area contributed by atoms with E-state index in [-0.39, 0.29) is 11.7 Å². The molecule has 0 unspecified atom stereocenters. The van der Waals surface area contributed by atoms with E-state index in [4.69, 9.17) is 5.73 Å². The average molecular weight is 247 g/mol. The van der Waals surface area contributed by atoms with Crippen LogP contribution < -0.4 is 11.4 Å². The molecule has 98 valence electrons. The van der Waals surface area contributed by atoms with Gasteiger partial charge in [-0.05, 0) is 38.5 Å². The third kappa shape index (κ3) is 1.93. The highest BCUT2D eigenvalue weighted by atomic mass is 16.1. The largest absolute Gasteiger partial charge is 0.385 e. The number of fused-ring (bicyclic) bond motifs is 1. The average Bonchev–Trinajstić information content (AvgIpc) is 2.40. The van der Waals surface area contributed by atoms with Crippen molar-refractivity contribution in [3.8, 4) is 0 Å². The molecule has 0 radical (unpaired) electrons. The zero-order valence-corrected chi connectivity index (χ0v) is 10.8. The fourth-order valence-corrected chi connectivity index (χ4v) is 3.40. The van der Waals surface area contributed by atoms with Crippen LogP contribution in [-0.4, -0.2) is 9.55 Å². The summed E-state index contributed by atoms with van der Waals surface area (Å²) in [6.07, 6.45) is 10.0. The Morgan fingerprint density at radius 3 is 2.56 bits per heavy atom. The Morgan fingerprint density at radius 2 is 1.78 bits per heavy atom. The summed E-state index contributed by atoms with van der Waals surface area (Å²) in [5.41, 5.74) is 8.23. The predicted molar refractivity (Wildman–Crippen MR) is 71.7 cm³/mol. The quantitative estimate of drug-likeness (QED) is 0.827. The van der Waals surface area contributed by atoms with E-state index in [2.05, 4.69) is 4.98 Å². The van der Waals surface area contributed by atoms with E-state index in [1.54, 1.807) is 4.57 Å². The maximum absolute atomic E-state index is 12.2. The summed E-state index contributed by atoms with van der Waals surface area (Å²) in [5.74, 6) is 0.705. The molecule has 0 amide bonds. The summed E-state index contributed by atoms with van der Waals surface area (Å²) >= 11 is 0. The zero-order valence-electron chi connectivity index (χ0n) is 10.8. The Hall–Kier alpha value is -1.32. The predicted octanol–water partition coefficient (Wildman–Crippen LogP) is 2.21. The lowest BCUT2D eigenvalue weighted by molar-refractivity contribution is 0.344. The van der Waals surface area contributed by atoms with Crippen molar-refractivity contribution in [1.29, 1.82) is 0 Å². The number of aromatic nitrogens is 2. The number of nitrogens with zero attached hydrogens (tertiary/aromatic N) is 2. The lowest BCUT2D eigenvalue weighted by Gasteiger charge is -2.27. The fraction of sp³-hybridized carbons (Fsp3) is 0.714. The molecule has 1 aromatic heterocycles. The first-order valence-corrected chi connectivity index (χ1v) is 7.17. The van der Waals surface area contributed by atoms with E-state index in [9.17, 15) is 4.79 Å². The highest BCUT2D eigenvalue weighted by Crippen LogP contribution is 2.31. The minimum Gasteiger partial charge on any atom is -0.385 e. The van der Waals surface area contributed by atoms with Crippen LogP contribution in [-0.2, 0) is 12.8 Å². The topological polar surface area (TPSA) is 60.9 Å². The summed E-state index contributed by atoms with van der Waals surface area (Å²) in [7, 11) is 0. The first-order valence-electron chi connectivity index (χ1n) is 7.17. The molecule has 0 aliphatic heterocycles. The molecule has 0 saturated heterocycles. The van der Waals surface area contributed by atoms with Crippen LogP contribution in [0.15, 0.2) is 4.79 Å². The van der Waals surface area contributed by atoms with E-state index < -0.39 is 0 Å². The standard InChI is InChI=1S/C14H21N3O/c15-13-11-8-4-5-9-12(11)16-14(18)17(13)10-6-2-1-3-7-10/h10H,1-9,15H2. The van der Waals surface area contributed by atoms with Gasteiger partial charge in [0.2, 0.25) is 0 Å². The molecule has 0 aromatic carbocycles. The third-order valence-corrected chi connectivity index (χ3v) is 4.38. The Kier molecular flexibility index (Phi) is 3.10. The van der Waals surface area contributed by atoms with Gasteiger partial charge < -0.3 is 5.73 Å². The van der Waals surface area contributed by atoms with Gasteiger partial charge >= 0.3 is 5.69 Å². The molecule has 1 heterocycles. The Morgan fingerprint density at radius 1 is 1.06 bits per heavy atom. The van der Waals surface area contributed by atoms with Crippen LogP contribution in [0.1, 0.15) is 62.2 Å². The van der Waals surface area contributed by atoms with Crippen molar-refractivity contribution in [3.05, 3.63) is 21.7 Å². The number of rotatable bonds is 1. The van der Waals surface area contributed by atoms with Gasteiger partial charge in [-0.2, -0.15) is 4.98 Å². The number of anilines is 1. The van der Waals surface area contributed by atoms with Crippen molar-refractivity contribution >= 4 is 5.82 Å². The van der Waals surface area contributed by atoms with Gasteiger partial charge in [-0.15, -0.1) is 0 Å². The van der Waals surface area contributed by atoms with E-state index >= 15 is 0 Å². The second-order valence-corrected chi connectivity index (χ2v) is 5.57. The van der Waals surface area contributed by atoms with Gasteiger partial charge in [0.15, 0.2) is 0 Å². The van der Waals surface area contributed by atoms with Crippen LogP contribution in [0.25, 0.3) is 0 Å². The molecule has 1 aromatic rings. The van der Waals surface area contributed by atoms with Crippen molar-refractivity contribution in [2.45, 2.75) is 63.8 Å². The molecule has 2 aliphatic rings. The number of hydrogen-bond acceptors (Lipinski definition) is 3. The van der Waals surface area contributed by atoms with Gasteiger partial charge in [-0.3, -0.25) is 4.57 Å². The van der Waals surface area contributed by atoms with E-state index in [1.807, 2.05) is 0 Å². The molecule has 0 spiro atoms. The van der Waals surface area contributed by atoms with Crippen LogP contribution >= 0.6 is 0 Å². The summed E-state index contributed by atoms with van der Waals surface area (Å²) < 4.78 is 1.78. The second-order valence-electron chi connectivity index (χ2n) is 5.57. The van der Waals surface area contributed by atoms with Gasteiger partial charge in [0.25, 0.3) is 0 Å². The van der Waals surface area contributed by atoms with Gasteiger partial charge in [-0.1, -0.05) is 19.3 Å². The Balaban J connectivity index is 2.05. The summed E-state index contributed by atoms with van der Waals surface area (Å²) in [6, 6.07) is 0.283. The normalized spacial score (nSPS) is 20.7. The molecule has 2 N–H and O–H groups in total. The van der Waals surface area contributed by atoms with Gasteiger partial charge in [0.1, 0.15) is 5.82 Å². The lowest BCUT2D eigenvalue weighted by Crippen LogP contribution is -2.33. The van der Waals surface area contributed by atoms with E-state index in [0.717, 1.165) is 43.4 Å². The number of hydrogen-bond donors (Lipinski definition) is 1. The molecule has 0 bridgehead atoms. The van der Waals surface area contributed by atoms with E-state index in [1.165, 1.54) is 25.7 Å². The van der Waals surface area contributed by atoms with Crippen LogP contribution in [0.3, 0.4) is 0 Å². The molecular weight excluding hydrogens is 226 g/mol. The van der Waals surface area contributed by atoms with Gasteiger partial charge in [-0.25, -0.2) is 4.79 Å². The zero-order chi connectivity index (χ0) is 12.5. The fourth-order valence-electron chi connectivity index (χ4n) is 3.40. The summed E-state index contributed by atoms with van der Waals surface area (Å²) in [6.45, 7) is 0. The maximum atomic E-state index is 12.2. The Labute approximate surface area is 107 Å². The SMILES string of the molecule is Nc1c2c(nc(=O)n1C1CCCCC1)CCCC2. The van der Waals surface area contributed by atoms with E-state index in [0.29, 0.717) is 5.82 Å². The highest BCUT2D eigenvalue weighted by Gasteiger charge is 2.23. The third-order valence-electron chi connectivity index (χ3n) is 4.38. The number of nitrogen functional groups attached to an aromatic ring is 1. The molecule has 4 nitrogen and oxygen atoms in total. The van der Waals surface area contributed by atoms with Crippen LogP contribution in [0, 0.1) is 0 Å². The van der Waals surface area contributed by atoms with Gasteiger partial charge in [0.05, 0.1) is 5.69 Å². The summed E-state index contributed by atoms with van der Waals surface area (Å²) in [5, 5.41) is 0. The molecule has 1 fully saturated rings. The van der Waals surface area contributed by atoms with Crippen molar-refractivity contribution in [2.24, 2.45) is 0 Å². The number of nitrogens with two attached hydrogens (primary N) is 1. The highest BCUT2D eigenvalue weighted by molar-refractivity contribution is 5.44. The maximum Gasteiger partial charge on any atom is 0.349 e.